The van der Waals surface area contributed by atoms with E-state index in [1.165, 1.54) is 0 Å². The number of hydrogen-bond donors (Lipinski definition) is 0. The Morgan fingerprint density at radius 2 is 1.72 bits per heavy atom. The molecule has 184 valence electrons. The van der Waals surface area contributed by atoms with Gasteiger partial charge in [0, 0.05) is 36.3 Å². The molecule has 0 aliphatic carbocycles. The Hall–Kier alpha value is -3.93. The molecule has 2 heterocycles. The normalized spacial score (nSPS) is 15.8. The number of imidazole rings is 1. The van der Waals surface area contributed by atoms with Crippen LogP contribution in [0.15, 0.2) is 72.8 Å². The number of fused-ring (bicyclic) bond motifs is 1. The molecule has 5 rings (SSSR count). The summed E-state index contributed by atoms with van der Waals surface area (Å²) in [5.41, 5.74) is 5.86. The van der Waals surface area contributed by atoms with Crippen molar-refractivity contribution >= 4 is 34.2 Å². The quantitative estimate of drug-likeness (QED) is 0.360. The molecule has 6 nitrogen and oxygen atoms in total. The van der Waals surface area contributed by atoms with Crippen LogP contribution in [0.4, 0.5) is 11.4 Å². The number of carbonyl (C=O) groups excluding carboxylic acids is 2. The number of hydrogen-bond acceptors (Lipinski definition) is 3. The molecule has 1 aliphatic rings. The molecule has 4 aromatic rings. The predicted octanol–water partition coefficient (Wildman–Crippen LogP) is 5.62. The Labute approximate surface area is 212 Å². The maximum Gasteiger partial charge on any atom is 0.247 e. The van der Waals surface area contributed by atoms with Crippen LogP contribution >= 0.6 is 0 Å². The number of rotatable bonds is 6. The smallest absolute Gasteiger partial charge is 0.247 e. The maximum absolute atomic E-state index is 13.7. The van der Waals surface area contributed by atoms with Gasteiger partial charge in [0.25, 0.3) is 0 Å². The summed E-state index contributed by atoms with van der Waals surface area (Å²) in [6.07, 6.45) is 0.372. The standard InChI is InChI=1S/C30H32N4O2/c1-20(2)34(24-12-6-5-7-13-24)29(36)19-33-27-15-9-8-14-25(27)31-30(33)23-17-28(35)32(18-23)26-16-10-11-21(3)22(26)4/h5-16,20,23H,17-19H2,1-4H3/t23-/m1/s1. The second kappa shape index (κ2) is 9.61. The predicted molar refractivity (Wildman–Crippen MR) is 144 cm³/mol. The van der Waals surface area contributed by atoms with Crippen LogP contribution in [0.2, 0.25) is 0 Å². The van der Waals surface area contributed by atoms with Gasteiger partial charge < -0.3 is 14.4 Å². The van der Waals surface area contributed by atoms with Crippen molar-refractivity contribution in [1.29, 1.82) is 0 Å². The first-order valence-corrected chi connectivity index (χ1v) is 12.5. The third-order valence-electron chi connectivity index (χ3n) is 7.15. The lowest BCUT2D eigenvalue weighted by Crippen LogP contribution is -2.39. The Bertz CT molecular complexity index is 1420. The maximum atomic E-state index is 13.7. The highest BCUT2D eigenvalue weighted by Gasteiger charge is 2.36. The third-order valence-corrected chi connectivity index (χ3v) is 7.15. The first kappa shape index (κ1) is 23.8. The van der Waals surface area contributed by atoms with Crippen molar-refractivity contribution in [3.05, 3.63) is 89.7 Å². The van der Waals surface area contributed by atoms with Crippen molar-refractivity contribution in [3.63, 3.8) is 0 Å². The van der Waals surface area contributed by atoms with Gasteiger partial charge in [-0.1, -0.05) is 42.5 Å². The molecule has 36 heavy (non-hydrogen) atoms. The average Bonchev–Trinajstić information content (AvgIpc) is 3.42. The largest absolute Gasteiger partial charge is 0.318 e. The van der Waals surface area contributed by atoms with Crippen LogP contribution in [0.3, 0.4) is 0 Å². The molecule has 1 atom stereocenters. The van der Waals surface area contributed by atoms with Gasteiger partial charge in [-0.25, -0.2) is 4.98 Å². The van der Waals surface area contributed by atoms with Gasteiger partial charge >= 0.3 is 0 Å². The van der Waals surface area contributed by atoms with Crippen molar-refractivity contribution in [2.45, 2.75) is 52.6 Å². The van der Waals surface area contributed by atoms with Crippen molar-refractivity contribution < 1.29 is 9.59 Å². The highest BCUT2D eigenvalue weighted by molar-refractivity contribution is 5.98. The minimum absolute atomic E-state index is 0.00342. The minimum Gasteiger partial charge on any atom is -0.318 e. The average molecular weight is 481 g/mol. The molecule has 3 aromatic carbocycles. The Balaban J connectivity index is 1.51. The summed E-state index contributed by atoms with van der Waals surface area (Å²) in [4.78, 5) is 35.5. The molecule has 1 fully saturated rings. The summed E-state index contributed by atoms with van der Waals surface area (Å²) in [6.45, 7) is 8.88. The summed E-state index contributed by atoms with van der Waals surface area (Å²) in [6, 6.07) is 23.7. The molecule has 0 spiro atoms. The molecular formula is C30H32N4O2. The van der Waals surface area contributed by atoms with E-state index >= 15 is 0 Å². The van der Waals surface area contributed by atoms with Crippen LogP contribution in [-0.2, 0) is 16.1 Å². The number of anilines is 2. The van der Waals surface area contributed by atoms with Crippen molar-refractivity contribution in [2.75, 3.05) is 16.3 Å². The fraction of sp³-hybridized carbons (Fsp3) is 0.300. The molecule has 1 saturated heterocycles. The molecule has 2 amide bonds. The van der Waals surface area contributed by atoms with Crippen LogP contribution in [0.5, 0.6) is 0 Å². The van der Waals surface area contributed by atoms with Gasteiger partial charge in [-0.15, -0.1) is 0 Å². The van der Waals surface area contributed by atoms with Crippen molar-refractivity contribution in [2.24, 2.45) is 0 Å². The van der Waals surface area contributed by atoms with Crippen molar-refractivity contribution in [3.8, 4) is 0 Å². The van der Waals surface area contributed by atoms with Gasteiger partial charge in [-0.3, -0.25) is 9.59 Å². The van der Waals surface area contributed by atoms with Crippen LogP contribution in [0.25, 0.3) is 11.0 Å². The third kappa shape index (κ3) is 4.28. The molecule has 0 saturated carbocycles. The second-order valence-electron chi connectivity index (χ2n) is 9.86. The van der Waals surface area contributed by atoms with E-state index in [1.54, 1.807) is 0 Å². The Morgan fingerprint density at radius 1 is 1.00 bits per heavy atom. The fourth-order valence-electron chi connectivity index (χ4n) is 5.24. The molecule has 6 heteroatoms. The number of nitrogens with zero attached hydrogens (tertiary/aromatic N) is 4. The zero-order chi connectivity index (χ0) is 25.4. The van der Waals surface area contributed by atoms with E-state index in [1.807, 2.05) is 94.9 Å². The molecule has 0 N–H and O–H groups in total. The van der Waals surface area contributed by atoms with Crippen LogP contribution in [0, 0.1) is 13.8 Å². The summed E-state index contributed by atoms with van der Waals surface area (Å²) in [5.74, 6) is 0.785. The Kier molecular flexibility index (Phi) is 6.35. The summed E-state index contributed by atoms with van der Waals surface area (Å²) >= 11 is 0. The highest BCUT2D eigenvalue weighted by atomic mass is 16.2. The van der Waals surface area contributed by atoms with Gasteiger partial charge in [0.2, 0.25) is 11.8 Å². The van der Waals surface area contributed by atoms with Gasteiger partial charge in [-0.05, 0) is 69.2 Å². The van der Waals surface area contributed by atoms with E-state index < -0.39 is 0 Å². The van der Waals surface area contributed by atoms with Crippen LogP contribution < -0.4 is 9.80 Å². The Morgan fingerprint density at radius 3 is 2.47 bits per heavy atom. The molecule has 0 unspecified atom stereocenters. The van der Waals surface area contributed by atoms with E-state index in [4.69, 9.17) is 4.98 Å². The lowest BCUT2D eigenvalue weighted by atomic mass is 10.1. The highest BCUT2D eigenvalue weighted by Crippen LogP contribution is 2.35. The van der Waals surface area contributed by atoms with Crippen molar-refractivity contribution in [1.82, 2.24) is 9.55 Å². The van der Waals surface area contributed by atoms with E-state index in [2.05, 4.69) is 19.9 Å². The number of benzene rings is 3. The number of amides is 2. The first-order valence-electron chi connectivity index (χ1n) is 12.5. The number of aromatic nitrogens is 2. The molecule has 0 radical (unpaired) electrons. The van der Waals surface area contributed by atoms with Crippen LogP contribution in [0.1, 0.15) is 43.1 Å². The SMILES string of the molecule is Cc1cccc(N2C[C@H](c3nc4ccccc4n3CC(=O)N(c3ccccc3)C(C)C)CC2=O)c1C. The molecular weight excluding hydrogens is 448 g/mol. The fourth-order valence-corrected chi connectivity index (χ4v) is 5.24. The monoisotopic (exact) mass is 480 g/mol. The topological polar surface area (TPSA) is 58.4 Å². The molecule has 0 bridgehead atoms. The van der Waals surface area contributed by atoms with Gasteiger partial charge in [0.05, 0.1) is 11.0 Å². The van der Waals surface area contributed by atoms with E-state index in [9.17, 15) is 9.59 Å². The number of carbonyl (C=O) groups is 2. The number of aryl methyl sites for hydroxylation is 1. The first-order chi connectivity index (χ1) is 17.3. The minimum atomic E-state index is -0.0955. The van der Waals surface area contributed by atoms with E-state index in [0.29, 0.717) is 13.0 Å². The van der Waals surface area contributed by atoms with Gasteiger partial charge in [0.1, 0.15) is 12.4 Å². The lowest BCUT2D eigenvalue weighted by molar-refractivity contribution is -0.119. The molecule has 1 aliphatic heterocycles. The summed E-state index contributed by atoms with van der Waals surface area (Å²) in [7, 11) is 0. The van der Waals surface area contributed by atoms with E-state index in [0.717, 1.165) is 39.4 Å². The second-order valence-corrected chi connectivity index (χ2v) is 9.86. The number of para-hydroxylation sites is 3. The van der Waals surface area contributed by atoms with Crippen LogP contribution in [-0.4, -0.2) is 34.0 Å². The molecule has 1 aromatic heterocycles. The summed E-state index contributed by atoms with van der Waals surface area (Å²) in [5, 5.41) is 0. The lowest BCUT2D eigenvalue weighted by Gasteiger charge is -2.28. The van der Waals surface area contributed by atoms with E-state index in [-0.39, 0.29) is 30.3 Å². The zero-order valence-corrected chi connectivity index (χ0v) is 21.3. The zero-order valence-electron chi connectivity index (χ0n) is 21.3. The van der Waals surface area contributed by atoms with Gasteiger partial charge in [-0.2, -0.15) is 0 Å². The summed E-state index contributed by atoms with van der Waals surface area (Å²) < 4.78 is 2.01. The van der Waals surface area contributed by atoms with Gasteiger partial charge in [0.15, 0.2) is 0 Å².